The largest absolute Gasteiger partial charge is 0.367 e. The molecule has 2 aromatic rings. The van der Waals surface area contributed by atoms with Crippen LogP contribution in [-0.4, -0.2) is 34.8 Å². The third-order valence-electron chi connectivity index (χ3n) is 3.67. The molecule has 0 spiro atoms. The molecule has 1 aromatic heterocycles. The van der Waals surface area contributed by atoms with Crippen molar-refractivity contribution in [2.45, 2.75) is 26.2 Å². The number of nitrogens with zero attached hydrogens (tertiary/aromatic N) is 2. The van der Waals surface area contributed by atoms with Gasteiger partial charge in [0.05, 0.1) is 24.5 Å². The monoisotopic (exact) mass is 300 g/mol. The van der Waals surface area contributed by atoms with Gasteiger partial charge in [-0.3, -0.25) is 0 Å². The maximum absolute atomic E-state index is 11.5. The van der Waals surface area contributed by atoms with Crippen molar-refractivity contribution in [2.75, 3.05) is 13.1 Å². The van der Waals surface area contributed by atoms with E-state index in [1.165, 1.54) is 0 Å². The maximum atomic E-state index is 11.5. The predicted octanol–water partition coefficient (Wildman–Crippen LogP) is 1.77. The highest BCUT2D eigenvalue weighted by Crippen LogP contribution is 2.24. The van der Waals surface area contributed by atoms with Gasteiger partial charge in [0.15, 0.2) is 0 Å². The molecule has 116 valence electrons. The molecule has 1 aliphatic rings. The molecule has 2 heterocycles. The molecule has 0 fully saturated rings. The van der Waals surface area contributed by atoms with Crippen LogP contribution in [0.5, 0.6) is 0 Å². The molecule has 0 radical (unpaired) electrons. The molecule has 6 nitrogen and oxygen atoms in total. The summed E-state index contributed by atoms with van der Waals surface area (Å²) in [6.45, 7) is 4.14. The third-order valence-corrected chi connectivity index (χ3v) is 3.67. The van der Waals surface area contributed by atoms with Crippen molar-refractivity contribution in [1.82, 2.24) is 20.2 Å². The summed E-state index contributed by atoms with van der Waals surface area (Å²) >= 11 is 0. The number of nitrogens with one attached hydrogen (secondary N) is 2. The van der Waals surface area contributed by atoms with E-state index < -0.39 is 0 Å². The molecule has 1 unspecified atom stereocenters. The van der Waals surface area contributed by atoms with Gasteiger partial charge in [-0.25, -0.2) is 9.78 Å². The Morgan fingerprint density at radius 2 is 2.18 bits per heavy atom. The minimum atomic E-state index is -0.161. The van der Waals surface area contributed by atoms with Gasteiger partial charge < -0.3 is 19.9 Å². The van der Waals surface area contributed by atoms with Crippen LogP contribution in [0.25, 0.3) is 11.3 Å². The Morgan fingerprint density at radius 3 is 2.95 bits per heavy atom. The highest BCUT2D eigenvalue weighted by Gasteiger charge is 2.23. The summed E-state index contributed by atoms with van der Waals surface area (Å²) in [4.78, 5) is 15.9. The van der Waals surface area contributed by atoms with Crippen LogP contribution < -0.4 is 10.6 Å². The zero-order valence-electron chi connectivity index (χ0n) is 12.6. The molecule has 2 N–H and O–H groups in total. The molecule has 1 aromatic carbocycles. The van der Waals surface area contributed by atoms with Crippen LogP contribution in [0.15, 0.2) is 36.5 Å². The highest BCUT2D eigenvalue weighted by atomic mass is 16.5. The average molecular weight is 300 g/mol. The first-order valence-electron chi connectivity index (χ1n) is 7.51. The van der Waals surface area contributed by atoms with Crippen LogP contribution >= 0.6 is 0 Å². The number of amides is 2. The van der Waals surface area contributed by atoms with Crippen LogP contribution in [0.1, 0.15) is 12.7 Å². The second-order valence-corrected chi connectivity index (χ2v) is 5.21. The normalized spacial score (nSPS) is 16.9. The minimum Gasteiger partial charge on any atom is -0.367 e. The zero-order chi connectivity index (χ0) is 15.4. The van der Waals surface area contributed by atoms with Crippen molar-refractivity contribution in [3.05, 3.63) is 42.4 Å². The van der Waals surface area contributed by atoms with Gasteiger partial charge in [-0.05, 0) is 12.5 Å². The number of ether oxygens (including phenoxy) is 1. The van der Waals surface area contributed by atoms with E-state index in [9.17, 15) is 4.79 Å². The summed E-state index contributed by atoms with van der Waals surface area (Å²) < 4.78 is 7.93. The number of urea groups is 1. The Bertz CT molecular complexity index is 639. The fourth-order valence-corrected chi connectivity index (χ4v) is 2.57. The second kappa shape index (κ2) is 6.62. The van der Waals surface area contributed by atoms with Gasteiger partial charge in [0.25, 0.3) is 0 Å². The molecule has 3 rings (SSSR count). The average Bonchev–Trinajstić information content (AvgIpc) is 2.97. The van der Waals surface area contributed by atoms with Crippen LogP contribution in [0, 0.1) is 0 Å². The quantitative estimate of drug-likeness (QED) is 0.904. The van der Waals surface area contributed by atoms with Crippen LogP contribution in [0.3, 0.4) is 0 Å². The van der Waals surface area contributed by atoms with Crippen LogP contribution in [0.4, 0.5) is 4.79 Å². The van der Waals surface area contributed by atoms with Gasteiger partial charge in [-0.15, -0.1) is 0 Å². The Morgan fingerprint density at radius 1 is 1.36 bits per heavy atom. The number of aromatic nitrogens is 2. The third kappa shape index (κ3) is 3.12. The van der Waals surface area contributed by atoms with E-state index in [-0.39, 0.29) is 12.1 Å². The SMILES string of the molecule is CCNC(=O)NCC1Cn2c(-c3ccccc3)cnc2CO1. The minimum absolute atomic E-state index is 0.0493. The van der Waals surface area contributed by atoms with Crippen LogP contribution in [-0.2, 0) is 17.9 Å². The summed E-state index contributed by atoms with van der Waals surface area (Å²) in [6, 6.07) is 10.0. The summed E-state index contributed by atoms with van der Waals surface area (Å²) in [6.07, 6.45) is 1.83. The number of rotatable bonds is 4. The fourth-order valence-electron chi connectivity index (χ4n) is 2.57. The molecular weight excluding hydrogens is 280 g/mol. The number of benzene rings is 1. The van der Waals surface area contributed by atoms with Crippen molar-refractivity contribution in [3.8, 4) is 11.3 Å². The van der Waals surface area contributed by atoms with Crippen LogP contribution in [0.2, 0.25) is 0 Å². The highest BCUT2D eigenvalue weighted by molar-refractivity contribution is 5.73. The first kappa shape index (κ1) is 14.6. The van der Waals surface area contributed by atoms with E-state index in [1.807, 2.05) is 31.3 Å². The lowest BCUT2D eigenvalue weighted by Crippen LogP contribution is -2.43. The lowest BCUT2D eigenvalue weighted by Gasteiger charge is -2.26. The molecule has 6 heteroatoms. The van der Waals surface area contributed by atoms with Gasteiger partial charge in [0.1, 0.15) is 12.4 Å². The Hall–Kier alpha value is -2.34. The van der Waals surface area contributed by atoms with E-state index in [0.29, 0.717) is 26.2 Å². The molecule has 1 aliphatic heterocycles. The summed E-state index contributed by atoms with van der Waals surface area (Å²) in [7, 11) is 0. The summed E-state index contributed by atoms with van der Waals surface area (Å²) in [5, 5.41) is 5.54. The first-order chi connectivity index (χ1) is 10.8. The van der Waals surface area contributed by atoms with E-state index >= 15 is 0 Å². The van der Waals surface area contributed by atoms with Gasteiger partial charge in [0.2, 0.25) is 0 Å². The lowest BCUT2D eigenvalue weighted by atomic mass is 10.1. The Kier molecular flexibility index (Phi) is 4.39. The van der Waals surface area contributed by atoms with Crippen molar-refractivity contribution in [1.29, 1.82) is 0 Å². The molecule has 0 aliphatic carbocycles. The van der Waals surface area contributed by atoms with Gasteiger partial charge in [-0.1, -0.05) is 30.3 Å². The molecule has 0 saturated carbocycles. The van der Waals surface area contributed by atoms with Crippen molar-refractivity contribution < 1.29 is 9.53 Å². The number of carbonyl (C=O) groups is 1. The molecule has 2 amide bonds. The number of fused-ring (bicyclic) bond motifs is 1. The number of hydrogen-bond acceptors (Lipinski definition) is 3. The van der Waals surface area contributed by atoms with Gasteiger partial charge >= 0.3 is 6.03 Å². The number of carbonyl (C=O) groups excluding carboxylic acids is 1. The van der Waals surface area contributed by atoms with Crippen molar-refractivity contribution in [2.24, 2.45) is 0 Å². The number of hydrogen-bond donors (Lipinski definition) is 2. The predicted molar refractivity (Wildman–Crippen MR) is 83.3 cm³/mol. The molecular formula is C16H20N4O2. The number of imidazole rings is 1. The molecule has 1 atom stereocenters. The smallest absolute Gasteiger partial charge is 0.314 e. The fraction of sp³-hybridized carbons (Fsp3) is 0.375. The topological polar surface area (TPSA) is 68.2 Å². The Labute approximate surface area is 129 Å². The molecule has 0 bridgehead atoms. The molecule has 22 heavy (non-hydrogen) atoms. The summed E-state index contributed by atoms with van der Waals surface area (Å²) in [5.41, 5.74) is 2.22. The maximum Gasteiger partial charge on any atom is 0.314 e. The zero-order valence-corrected chi connectivity index (χ0v) is 12.6. The summed E-state index contributed by atoms with van der Waals surface area (Å²) in [5.74, 6) is 0.924. The van der Waals surface area contributed by atoms with Gasteiger partial charge in [0, 0.05) is 13.1 Å². The standard InChI is InChI=1S/C16H20N4O2/c1-2-17-16(21)19-8-13-10-20-14(9-18-15(20)11-22-13)12-6-4-3-5-7-12/h3-7,9,13H,2,8,10-11H2,1H3,(H2,17,19,21). The van der Waals surface area contributed by atoms with E-state index in [1.54, 1.807) is 0 Å². The van der Waals surface area contributed by atoms with Crippen molar-refractivity contribution >= 4 is 6.03 Å². The van der Waals surface area contributed by atoms with Gasteiger partial charge in [-0.2, -0.15) is 0 Å². The second-order valence-electron chi connectivity index (χ2n) is 5.21. The van der Waals surface area contributed by atoms with E-state index in [4.69, 9.17) is 4.74 Å². The van der Waals surface area contributed by atoms with Crippen molar-refractivity contribution in [3.63, 3.8) is 0 Å². The Balaban J connectivity index is 1.70. The molecule has 0 saturated heterocycles. The lowest BCUT2D eigenvalue weighted by molar-refractivity contribution is 0.00493. The first-order valence-corrected chi connectivity index (χ1v) is 7.51. The van der Waals surface area contributed by atoms with E-state index in [0.717, 1.165) is 17.1 Å². The van der Waals surface area contributed by atoms with E-state index in [2.05, 4.69) is 32.3 Å².